The van der Waals surface area contributed by atoms with Crippen LogP contribution in [0.15, 0.2) is 41.7 Å². The molecule has 9 nitrogen and oxygen atoms in total. The number of nitrogens with one attached hydrogen (secondary N) is 2. The number of aromatic nitrogens is 6. The summed E-state index contributed by atoms with van der Waals surface area (Å²) in [5.74, 6) is 1.48. The van der Waals surface area contributed by atoms with Gasteiger partial charge in [0, 0.05) is 53.6 Å². The second-order valence-electron chi connectivity index (χ2n) is 7.64. The molecule has 0 spiro atoms. The van der Waals surface area contributed by atoms with E-state index in [1.807, 2.05) is 39.1 Å². The Labute approximate surface area is 180 Å². The number of fused-ring (bicyclic) bond motifs is 1. The first kappa shape index (κ1) is 20.8. The molecule has 2 N–H and O–H groups in total. The van der Waals surface area contributed by atoms with E-state index < -0.39 is 0 Å². The SMILES string of the molecule is CCNCCOc1ccnc(-n2cc(-c3c[nH]n4c(=O)c(C(C)C)c(C)nc34)cn2)c1. The Morgan fingerprint density at radius 3 is 2.94 bits per heavy atom. The molecule has 4 rings (SSSR count). The third-order valence-electron chi connectivity index (χ3n) is 5.11. The summed E-state index contributed by atoms with van der Waals surface area (Å²) in [6.45, 7) is 10.2. The maximum absolute atomic E-state index is 12.9. The fourth-order valence-electron chi connectivity index (χ4n) is 3.63. The van der Waals surface area contributed by atoms with Crippen molar-refractivity contribution >= 4 is 5.65 Å². The first-order valence-electron chi connectivity index (χ1n) is 10.4. The Bertz CT molecular complexity index is 1250. The zero-order valence-corrected chi connectivity index (χ0v) is 18.2. The van der Waals surface area contributed by atoms with Crippen LogP contribution in [0.25, 0.3) is 22.6 Å². The molecule has 4 heterocycles. The maximum Gasteiger partial charge on any atom is 0.276 e. The zero-order valence-electron chi connectivity index (χ0n) is 18.2. The molecule has 0 atom stereocenters. The Hall–Kier alpha value is -3.46. The summed E-state index contributed by atoms with van der Waals surface area (Å²) < 4.78 is 8.94. The number of nitrogens with zero attached hydrogens (tertiary/aromatic N) is 5. The molecule has 0 radical (unpaired) electrons. The molecule has 0 aliphatic heterocycles. The van der Waals surface area contributed by atoms with Crippen LogP contribution >= 0.6 is 0 Å². The van der Waals surface area contributed by atoms with Crippen LogP contribution in [0.1, 0.15) is 37.9 Å². The summed E-state index contributed by atoms with van der Waals surface area (Å²) in [7, 11) is 0. The van der Waals surface area contributed by atoms with Crippen LogP contribution in [0.5, 0.6) is 5.75 Å². The summed E-state index contributed by atoms with van der Waals surface area (Å²) in [5.41, 5.74) is 3.62. The molecule has 0 bridgehead atoms. The molecule has 4 aromatic heterocycles. The summed E-state index contributed by atoms with van der Waals surface area (Å²) in [5, 5.41) is 10.7. The van der Waals surface area contributed by atoms with E-state index in [1.165, 1.54) is 4.52 Å². The van der Waals surface area contributed by atoms with E-state index in [4.69, 9.17) is 9.72 Å². The predicted octanol–water partition coefficient (Wildman–Crippen LogP) is 2.69. The fourth-order valence-corrected chi connectivity index (χ4v) is 3.63. The molecule has 0 amide bonds. The van der Waals surface area contributed by atoms with Crippen LogP contribution in [0.3, 0.4) is 0 Å². The van der Waals surface area contributed by atoms with Gasteiger partial charge in [-0.1, -0.05) is 20.8 Å². The standard InChI is InChI=1S/C22H27N7O2/c1-5-23-8-9-31-17-6-7-24-19(10-17)28-13-16(11-25-28)18-12-26-29-21(18)27-15(4)20(14(2)3)22(29)30/h6-7,10-14,23,26H,5,8-9H2,1-4H3. The van der Waals surface area contributed by atoms with Crippen molar-refractivity contribution in [2.75, 3.05) is 19.7 Å². The molecular formula is C22H27N7O2. The molecule has 0 saturated carbocycles. The van der Waals surface area contributed by atoms with Crippen LogP contribution in [0.4, 0.5) is 0 Å². The van der Waals surface area contributed by atoms with Crippen LogP contribution in [-0.4, -0.2) is 49.1 Å². The van der Waals surface area contributed by atoms with E-state index in [0.717, 1.165) is 41.2 Å². The van der Waals surface area contributed by atoms with Gasteiger partial charge in [-0.25, -0.2) is 19.2 Å². The molecule has 0 saturated heterocycles. The second kappa shape index (κ2) is 8.73. The van der Waals surface area contributed by atoms with Crippen LogP contribution < -0.4 is 15.6 Å². The number of hydrogen-bond acceptors (Lipinski definition) is 6. The summed E-state index contributed by atoms with van der Waals surface area (Å²) in [4.78, 5) is 22.0. The molecule has 162 valence electrons. The normalized spacial score (nSPS) is 11.5. The van der Waals surface area contributed by atoms with Gasteiger partial charge in [0.2, 0.25) is 0 Å². The van der Waals surface area contributed by atoms with Crippen molar-refractivity contribution in [2.24, 2.45) is 0 Å². The van der Waals surface area contributed by atoms with Crippen LogP contribution in [0, 0.1) is 6.92 Å². The number of rotatable bonds is 8. The highest BCUT2D eigenvalue weighted by molar-refractivity contribution is 5.76. The lowest BCUT2D eigenvalue weighted by atomic mass is 10.0. The lowest BCUT2D eigenvalue weighted by molar-refractivity contribution is 0.315. The number of likely N-dealkylation sites (N-methyl/N-ethyl adjacent to an activating group) is 1. The molecule has 0 aliphatic rings. The van der Waals surface area contributed by atoms with Crippen molar-refractivity contribution in [3.8, 4) is 22.7 Å². The van der Waals surface area contributed by atoms with E-state index in [1.54, 1.807) is 23.3 Å². The topological polar surface area (TPSA) is 102 Å². The molecule has 0 fully saturated rings. The van der Waals surface area contributed by atoms with Gasteiger partial charge in [0.15, 0.2) is 11.5 Å². The molecule has 0 aromatic carbocycles. The van der Waals surface area contributed by atoms with E-state index in [2.05, 4.69) is 27.4 Å². The van der Waals surface area contributed by atoms with Gasteiger partial charge in [0.25, 0.3) is 5.56 Å². The first-order chi connectivity index (χ1) is 15.0. The number of pyridine rings is 1. The minimum absolute atomic E-state index is 0.0692. The van der Waals surface area contributed by atoms with Gasteiger partial charge in [0.1, 0.15) is 12.4 Å². The minimum atomic E-state index is -0.0692. The lowest BCUT2D eigenvalue weighted by Gasteiger charge is -2.08. The smallest absolute Gasteiger partial charge is 0.276 e. The van der Waals surface area contributed by atoms with Crippen molar-refractivity contribution in [1.29, 1.82) is 0 Å². The molecule has 0 aliphatic carbocycles. The molecule has 0 unspecified atom stereocenters. The van der Waals surface area contributed by atoms with Gasteiger partial charge >= 0.3 is 0 Å². The molecule has 31 heavy (non-hydrogen) atoms. The number of aryl methyl sites for hydroxylation is 1. The average Bonchev–Trinajstić information content (AvgIpc) is 3.38. The van der Waals surface area contributed by atoms with Crippen LogP contribution in [-0.2, 0) is 0 Å². The largest absolute Gasteiger partial charge is 0.492 e. The number of H-pyrrole nitrogens is 1. The molecular weight excluding hydrogens is 394 g/mol. The van der Waals surface area contributed by atoms with Crippen molar-refractivity contribution in [3.63, 3.8) is 0 Å². The van der Waals surface area contributed by atoms with Gasteiger partial charge in [-0.2, -0.15) is 5.10 Å². The Morgan fingerprint density at radius 1 is 1.32 bits per heavy atom. The monoisotopic (exact) mass is 421 g/mol. The summed E-state index contributed by atoms with van der Waals surface area (Å²) in [6, 6.07) is 3.67. The minimum Gasteiger partial charge on any atom is -0.492 e. The summed E-state index contributed by atoms with van der Waals surface area (Å²) >= 11 is 0. The van der Waals surface area contributed by atoms with E-state index in [0.29, 0.717) is 18.1 Å². The number of hydrogen-bond donors (Lipinski definition) is 2. The van der Waals surface area contributed by atoms with Crippen LogP contribution in [0.2, 0.25) is 0 Å². The highest BCUT2D eigenvalue weighted by atomic mass is 16.5. The molecule has 9 heteroatoms. The van der Waals surface area contributed by atoms with E-state index in [9.17, 15) is 4.79 Å². The number of aromatic amines is 1. The van der Waals surface area contributed by atoms with Crippen molar-refractivity contribution in [2.45, 2.75) is 33.6 Å². The Balaban J connectivity index is 1.64. The fraction of sp³-hybridized carbons (Fsp3) is 0.364. The summed E-state index contributed by atoms with van der Waals surface area (Å²) in [6.07, 6.45) is 7.08. The third kappa shape index (κ3) is 4.09. The Morgan fingerprint density at radius 2 is 2.16 bits per heavy atom. The second-order valence-corrected chi connectivity index (χ2v) is 7.64. The number of ether oxygens (including phenoxy) is 1. The van der Waals surface area contributed by atoms with Gasteiger partial charge in [-0.15, -0.1) is 0 Å². The predicted molar refractivity (Wildman–Crippen MR) is 119 cm³/mol. The van der Waals surface area contributed by atoms with Gasteiger partial charge in [0.05, 0.1) is 6.20 Å². The lowest BCUT2D eigenvalue weighted by Crippen LogP contribution is -2.22. The van der Waals surface area contributed by atoms with Gasteiger partial charge in [-0.3, -0.25) is 9.89 Å². The van der Waals surface area contributed by atoms with Gasteiger partial charge < -0.3 is 10.1 Å². The zero-order chi connectivity index (χ0) is 22.0. The van der Waals surface area contributed by atoms with Crippen molar-refractivity contribution < 1.29 is 4.74 Å². The highest BCUT2D eigenvalue weighted by Gasteiger charge is 2.18. The average molecular weight is 422 g/mol. The van der Waals surface area contributed by atoms with E-state index >= 15 is 0 Å². The Kier molecular flexibility index (Phi) is 5.85. The first-order valence-corrected chi connectivity index (χ1v) is 10.4. The van der Waals surface area contributed by atoms with E-state index in [-0.39, 0.29) is 11.5 Å². The quantitative estimate of drug-likeness (QED) is 0.424. The third-order valence-corrected chi connectivity index (χ3v) is 5.11. The van der Waals surface area contributed by atoms with Crippen molar-refractivity contribution in [3.05, 3.63) is 58.5 Å². The highest BCUT2D eigenvalue weighted by Crippen LogP contribution is 2.25. The molecule has 4 aromatic rings. The maximum atomic E-state index is 12.9. The van der Waals surface area contributed by atoms with Gasteiger partial charge in [-0.05, 0) is 25.5 Å². The van der Waals surface area contributed by atoms with Crippen molar-refractivity contribution in [1.82, 2.24) is 34.7 Å².